The minimum absolute atomic E-state index is 0.414. The second-order valence-corrected chi connectivity index (χ2v) is 5.14. The molecule has 0 spiro atoms. The zero-order valence-corrected chi connectivity index (χ0v) is 10.8. The Labute approximate surface area is 106 Å². The van der Waals surface area contributed by atoms with Crippen molar-refractivity contribution in [3.05, 3.63) is 17.6 Å². The summed E-state index contributed by atoms with van der Waals surface area (Å²) in [6.45, 7) is 2.85. The molecule has 94 valence electrons. The highest BCUT2D eigenvalue weighted by atomic mass is 32.2. The Hall–Kier alpha value is -0.850. The van der Waals surface area contributed by atoms with Gasteiger partial charge in [0.25, 0.3) is 0 Å². The maximum absolute atomic E-state index is 5.57. The molecule has 0 aliphatic carbocycles. The van der Waals surface area contributed by atoms with Crippen LogP contribution in [0.1, 0.15) is 24.4 Å². The van der Waals surface area contributed by atoms with Crippen molar-refractivity contribution in [1.29, 1.82) is 0 Å². The Morgan fingerprint density at radius 2 is 2.47 bits per heavy atom. The lowest BCUT2D eigenvalue weighted by Crippen LogP contribution is -2.11. The first-order valence-electron chi connectivity index (χ1n) is 5.78. The molecule has 6 heteroatoms. The fourth-order valence-electron chi connectivity index (χ4n) is 1.83. The molecule has 1 saturated heterocycles. The third kappa shape index (κ3) is 3.83. The van der Waals surface area contributed by atoms with Crippen LogP contribution in [-0.2, 0) is 10.5 Å². The first-order chi connectivity index (χ1) is 8.28. The van der Waals surface area contributed by atoms with Gasteiger partial charge in [0.15, 0.2) is 0 Å². The molecule has 17 heavy (non-hydrogen) atoms. The average molecular weight is 254 g/mol. The molecule has 1 unspecified atom stereocenters. The van der Waals surface area contributed by atoms with Crippen LogP contribution in [0.3, 0.4) is 0 Å². The number of hydrogen-bond acceptors (Lipinski definition) is 6. The van der Waals surface area contributed by atoms with Gasteiger partial charge in [-0.3, -0.25) is 0 Å². The van der Waals surface area contributed by atoms with Gasteiger partial charge in [-0.05, 0) is 19.8 Å². The first kappa shape index (κ1) is 12.6. The van der Waals surface area contributed by atoms with Crippen molar-refractivity contribution in [2.45, 2.75) is 31.6 Å². The normalized spacial score (nSPS) is 19.5. The van der Waals surface area contributed by atoms with Crippen LogP contribution in [0, 0.1) is 6.92 Å². The Bertz CT molecular complexity index is 368. The number of nitrogens with one attached hydrogen (secondary N) is 1. The van der Waals surface area contributed by atoms with Crippen LogP contribution >= 0.6 is 11.8 Å². The molecule has 2 rings (SSSR count). The first-order valence-corrected chi connectivity index (χ1v) is 6.94. The number of ether oxygens (including phenoxy) is 1. The molecule has 1 aromatic rings. The van der Waals surface area contributed by atoms with E-state index >= 15 is 0 Å². The number of nitrogens with zero attached hydrogens (tertiary/aromatic N) is 2. The third-order valence-electron chi connectivity index (χ3n) is 2.61. The van der Waals surface area contributed by atoms with Crippen molar-refractivity contribution in [3.63, 3.8) is 0 Å². The van der Waals surface area contributed by atoms with Crippen LogP contribution in [0.5, 0.6) is 0 Å². The van der Waals surface area contributed by atoms with Gasteiger partial charge in [-0.2, -0.15) is 11.8 Å². The van der Waals surface area contributed by atoms with Gasteiger partial charge >= 0.3 is 0 Å². The number of thioether (sulfide) groups is 1. The molecule has 3 N–H and O–H groups in total. The average Bonchev–Trinajstić information content (AvgIpc) is 2.81. The Morgan fingerprint density at radius 3 is 3.18 bits per heavy atom. The Morgan fingerprint density at radius 1 is 1.59 bits per heavy atom. The molecule has 1 aliphatic heterocycles. The van der Waals surface area contributed by atoms with E-state index in [1.165, 1.54) is 12.8 Å². The van der Waals surface area contributed by atoms with Gasteiger partial charge in [-0.25, -0.2) is 15.8 Å². The predicted molar refractivity (Wildman–Crippen MR) is 69.7 cm³/mol. The van der Waals surface area contributed by atoms with E-state index in [1.54, 1.807) is 0 Å². The summed E-state index contributed by atoms with van der Waals surface area (Å²) in [5.41, 5.74) is 3.49. The topological polar surface area (TPSA) is 73.1 Å². The van der Waals surface area contributed by atoms with E-state index in [9.17, 15) is 0 Å². The van der Waals surface area contributed by atoms with Gasteiger partial charge in [0, 0.05) is 24.1 Å². The number of anilines is 1. The lowest BCUT2D eigenvalue weighted by atomic mass is 10.3. The SMILES string of the molecule is Cc1cc(NN)nc(CSCC2CCCO2)n1. The fourth-order valence-corrected chi connectivity index (χ4v) is 2.78. The van der Waals surface area contributed by atoms with Gasteiger partial charge in [0.05, 0.1) is 11.9 Å². The van der Waals surface area contributed by atoms with Gasteiger partial charge < -0.3 is 10.2 Å². The molecule has 1 atom stereocenters. The summed E-state index contributed by atoms with van der Waals surface area (Å²) >= 11 is 1.81. The molecule has 0 radical (unpaired) electrons. The van der Waals surface area contributed by atoms with Gasteiger partial charge in [0.1, 0.15) is 11.6 Å². The molecular weight excluding hydrogens is 236 g/mol. The zero-order valence-electron chi connectivity index (χ0n) is 9.98. The number of aromatic nitrogens is 2. The molecule has 2 heterocycles. The van der Waals surface area contributed by atoms with Crippen LogP contribution in [0.4, 0.5) is 5.82 Å². The molecule has 1 aromatic heterocycles. The van der Waals surface area contributed by atoms with Crippen LogP contribution in [0.15, 0.2) is 6.07 Å². The smallest absolute Gasteiger partial charge is 0.143 e. The van der Waals surface area contributed by atoms with E-state index in [1.807, 2.05) is 24.8 Å². The van der Waals surface area contributed by atoms with Crippen molar-refractivity contribution in [2.24, 2.45) is 5.84 Å². The van der Waals surface area contributed by atoms with Crippen molar-refractivity contribution in [1.82, 2.24) is 9.97 Å². The number of hydrazine groups is 1. The number of nitrogens with two attached hydrogens (primary N) is 1. The van der Waals surface area contributed by atoms with Crippen molar-refractivity contribution >= 4 is 17.6 Å². The van der Waals surface area contributed by atoms with E-state index in [4.69, 9.17) is 10.6 Å². The minimum atomic E-state index is 0.414. The van der Waals surface area contributed by atoms with E-state index in [0.29, 0.717) is 11.9 Å². The highest BCUT2D eigenvalue weighted by Crippen LogP contribution is 2.19. The zero-order chi connectivity index (χ0) is 12.1. The highest BCUT2D eigenvalue weighted by Gasteiger charge is 2.15. The van der Waals surface area contributed by atoms with Crippen molar-refractivity contribution in [2.75, 3.05) is 17.8 Å². The van der Waals surface area contributed by atoms with Crippen LogP contribution < -0.4 is 11.3 Å². The second kappa shape index (κ2) is 6.18. The monoisotopic (exact) mass is 254 g/mol. The molecular formula is C11H18N4OS. The highest BCUT2D eigenvalue weighted by molar-refractivity contribution is 7.98. The van der Waals surface area contributed by atoms with Crippen LogP contribution in [-0.4, -0.2) is 28.4 Å². The van der Waals surface area contributed by atoms with E-state index in [2.05, 4.69) is 15.4 Å². The van der Waals surface area contributed by atoms with Gasteiger partial charge in [0.2, 0.25) is 0 Å². The summed E-state index contributed by atoms with van der Waals surface area (Å²) in [7, 11) is 0. The summed E-state index contributed by atoms with van der Waals surface area (Å²) in [5, 5.41) is 0. The largest absolute Gasteiger partial charge is 0.377 e. The lowest BCUT2D eigenvalue weighted by Gasteiger charge is -2.09. The number of rotatable bonds is 5. The number of hydrogen-bond donors (Lipinski definition) is 2. The van der Waals surface area contributed by atoms with E-state index in [-0.39, 0.29) is 0 Å². The molecule has 5 nitrogen and oxygen atoms in total. The molecule has 0 aromatic carbocycles. The van der Waals surface area contributed by atoms with Crippen molar-refractivity contribution in [3.8, 4) is 0 Å². The number of aryl methyl sites for hydroxylation is 1. The molecule has 1 fully saturated rings. The van der Waals surface area contributed by atoms with Crippen molar-refractivity contribution < 1.29 is 4.74 Å². The summed E-state index contributed by atoms with van der Waals surface area (Å²) in [6, 6.07) is 1.83. The Balaban J connectivity index is 1.83. The van der Waals surface area contributed by atoms with E-state index in [0.717, 1.165) is 29.6 Å². The quantitative estimate of drug-likeness (QED) is 0.612. The third-order valence-corrected chi connectivity index (χ3v) is 3.68. The Kier molecular flexibility index (Phi) is 4.58. The number of nitrogen functional groups attached to an aromatic ring is 1. The molecule has 0 bridgehead atoms. The van der Waals surface area contributed by atoms with Gasteiger partial charge in [-0.15, -0.1) is 0 Å². The standard InChI is InChI=1S/C11H18N4OS/c1-8-5-10(15-12)14-11(13-8)7-17-6-9-3-2-4-16-9/h5,9H,2-4,6-7,12H2,1H3,(H,13,14,15). The second-order valence-electron chi connectivity index (χ2n) is 4.11. The summed E-state index contributed by atoms with van der Waals surface area (Å²) < 4.78 is 5.57. The fraction of sp³-hybridized carbons (Fsp3) is 0.636. The molecule has 0 saturated carbocycles. The molecule has 1 aliphatic rings. The maximum Gasteiger partial charge on any atom is 0.143 e. The summed E-state index contributed by atoms with van der Waals surface area (Å²) in [6.07, 6.45) is 2.78. The van der Waals surface area contributed by atoms with Crippen LogP contribution in [0.2, 0.25) is 0 Å². The minimum Gasteiger partial charge on any atom is -0.377 e. The maximum atomic E-state index is 5.57. The summed E-state index contributed by atoms with van der Waals surface area (Å²) in [4.78, 5) is 8.68. The summed E-state index contributed by atoms with van der Waals surface area (Å²) in [5.74, 6) is 8.66. The lowest BCUT2D eigenvalue weighted by molar-refractivity contribution is 0.129. The van der Waals surface area contributed by atoms with Crippen LogP contribution in [0.25, 0.3) is 0 Å². The van der Waals surface area contributed by atoms with E-state index < -0.39 is 0 Å². The van der Waals surface area contributed by atoms with Gasteiger partial charge in [-0.1, -0.05) is 0 Å². The molecule has 0 amide bonds. The predicted octanol–water partition coefficient (Wildman–Crippen LogP) is 1.48.